The molecule has 0 fully saturated rings. The second kappa shape index (κ2) is 23.3. The van der Waals surface area contributed by atoms with Gasteiger partial charge in [0.1, 0.15) is 17.6 Å². The van der Waals surface area contributed by atoms with Crippen LogP contribution in [0.1, 0.15) is 135 Å². The van der Waals surface area contributed by atoms with Gasteiger partial charge in [-0.3, -0.25) is 19.4 Å². The van der Waals surface area contributed by atoms with Gasteiger partial charge in [0.25, 0.3) is 11.7 Å². The Morgan fingerprint density at radius 2 is 1.56 bits per heavy atom. The number of allylic oxidation sites excluding steroid dienone is 2. The van der Waals surface area contributed by atoms with E-state index in [2.05, 4.69) is 19.2 Å². The predicted octanol–water partition coefficient (Wildman–Crippen LogP) is 8.85. The van der Waals surface area contributed by atoms with Crippen LogP contribution in [0.5, 0.6) is 17.2 Å². The molecule has 3 heterocycles. The topological polar surface area (TPSA) is 197 Å². The number of hydrazone groups is 1. The van der Waals surface area contributed by atoms with Crippen molar-refractivity contribution >= 4 is 40.3 Å². The maximum Gasteiger partial charge on any atom is 0.312 e. The third kappa shape index (κ3) is 12.0. The molecule has 5 bridgehead atoms. The first kappa shape index (κ1) is 51.7. The molecule has 354 valence electrons. The summed E-state index contributed by atoms with van der Waals surface area (Å²) >= 11 is 0. The molecule has 9 atom stereocenters. The van der Waals surface area contributed by atoms with Gasteiger partial charge in [-0.15, -0.1) is 0 Å². The van der Waals surface area contributed by atoms with Crippen molar-refractivity contribution in [1.82, 2.24) is 5.01 Å². The van der Waals surface area contributed by atoms with Gasteiger partial charge < -0.3 is 44.7 Å². The molecule has 5 N–H and O–H groups in total. The molecule has 0 saturated heterocycles. The van der Waals surface area contributed by atoms with Gasteiger partial charge in [0.2, 0.25) is 0 Å². The van der Waals surface area contributed by atoms with Crippen molar-refractivity contribution in [2.24, 2.45) is 28.8 Å². The number of carbonyl (C=O) groups is 3. The number of ether oxygens (including phenoxy) is 4. The quantitative estimate of drug-likeness (QED) is 0.0398. The van der Waals surface area contributed by atoms with Crippen molar-refractivity contribution in [3.8, 4) is 17.2 Å². The fraction of sp³-hybridized carbons (Fsp3) is 0.600. The summed E-state index contributed by atoms with van der Waals surface area (Å²) in [5.41, 5.74) is 0.766. The number of methoxy groups -OCH3 is 1. The maximum absolute atomic E-state index is 14.6. The minimum atomic E-state index is -1.93. The molecule has 2 aromatic carbocycles. The number of anilines is 1. The normalized spacial score (nSPS) is 28.7. The summed E-state index contributed by atoms with van der Waals surface area (Å²) in [4.78, 5) is 40.9. The number of rotatable bonds is 14. The van der Waals surface area contributed by atoms with Crippen molar-refractivity contribution in [2.45, 2.75) is 151 Å². The lowest BCUT2D eigenvalue weighted by Gasteiger charge is -2.38. The minimum Gasteiger partial charge on any atom is -0.507 e. The third-order valence-corrected chi connectivity index (χ3v) is 12.8. The molecule has 0 saturated carbocycles. The summed E-state index contributed by atoms with van der Waals surface area (Å²) in [6.07, 6.45) is 13.9. The number of hydrogen-bond acceptors (Lipinski definition) is 13. The second-order valence-corrected chi connectivity index (χ2v) is 17.8. The number of phenols is 2. The Labute approximate surface area is 379 Å². The molecule has 64 heavy (non-hydrogen) atoms. The Kier molecular flexibility index (Phi) is 18.8. The lowest BCUT2D eigenvalue weighted by atomic mass is 9.78. The monoisotopic (exact) mass is 892 g/mol. The molecule has 2 aromatic rings. The number of nitrogens with zero attached hydrogens (tertiary/aromatic N) is 2. The first-order chi connectivity index (χ1) is 30.3. The highest BCUT2D eigenvalue weighted by Gasteiger charge is 2.49. The van der Waals surface area contributed by atoms with Gasteiger partial charge in [0.15, 0.2) is 5.75 Å². The molecule has 3 aliphatic heterocycles. The molecule has 3 aliphatic rings. The van der Waals surface area contributed by atoms with Crippen molar-refractivity contribution in [3.63, 3.8) is 0 Å². The van der Waals surface area contributed by atoms with Crippen LogP contribution in [0.15, 0.2) is 47.3 Å². The summed E-state index contributed by atoms with van der Waals surface area (Å²) in [5, 5.41) is 56.6. The van der Waals surface area contributed by atoms with E-state index in [-0.39, 0.29) is 50.2 Å². The van der Waals surface area contributed by atoms with E-state index < -0.39 is 77.3 Å². The number of nitrogens with one attached hydrogen (secondary N) is 1. The molecule has 0 spiro atoms. The maximum atomic E-state index is 14.6. The number of benzene rings is 2. The van der Waals surface area contributed by atoms with E-state index in [1.54, 1.807) is 78.1 Å². The first-order valence-electron chi connectivity index (χ1n) is 23.0. The number of fused-ring (bicyclic) bond motifs is 14. The zero-order chi connectivity index (χ0) is 47.5. The minimum absolute atomic E-state index is 0.0141. The smallest absolute Gasteiger partial charge is 0.312 e. The van der Waals surface area contributed by atoms with Crippen LogP contribution in [0.2, 0.25) is 0 Å². The molecule has 9 unspecified atom stereocenters. The van der Waals surface area contributed by atoms with E-state index in [1.807, 2.05) is 5.01 Å². The molecule has 0 aliphatic carbocycles. The second-order valence-electron chi connectivity index (χ2n) is 17.8. The van der Waals surface area contributed by atoms with E-state index in [0.29, 0.717) is 13.1 Å². The van der Waals surface area contributed by atoms with E-state index in [0.717, 1.165) is 51.4 Å². The molecule has 5 rings (SSSR count). The van der Waals surface area contributed by atoms with Gasteiger partial charge in [0.05, 0.1) is 47.4 Å². The first-order valence-corrected chi connectivity index (χ1v) is 23.0. The summed E-state index contributed by atoms with van der Waals surface area (Å²) in [6, 6.07) is 1.61. The number of Topliss-reactive ketones (excluding diaryl/α,β-unsaturated/α-hetero) is 1. The lowest BCUT2D eigenvalue weighted by Crippen LogP contribution is -2.46. The fourth-order valence-electron chi connectivity index (χ4n) is 8.59. The van der Waals surface area contributed by atoms with Gasteiger partial charge in [-0.05, 0) is 38.8 Å². The highest BCUT2D eigenvalue weighted by Crippen LogP contribution is 2.51. The number of unbranched alkanes of at least 4 members (excludes halogenated alkanes) is 6. The number of esters is 1. The van der Waals surface area contributed by atoms with E-state index in [4.69, 9.17) is 24.0 Å². The predicted molar refractivity (Wildman–Crippen MR) is 250 cm³/mol. The summed E-state index contributed by atoms with van der Waals surface area (Å²) in [5.74, 6) is -6.76. The number of carbonyl (C=O) groups excluding carboxylic acids is 3. The molecule has 0 radical (unpaired) electrons. The lowest BCUT2D eigenvalue weighted by molar-refractivity contribution is -0.160. The van der Waals surface area contributed by atoms with Crippen LogP contribution in [-0.4, -0.2) is 99.7 Å². The standard InChI is InChI=1S/C50H73N3O11/c1-12-14-16-18-24-53(25-19-17-15-13-2)51-28-36-27-37-39-44(57)34(8)47-40(37)48(59)50(10,64-47)62-26-23-38(61-11)31(5)46(63-35(9)54)33(7)43(56)32(6)42(55)29(3)21-20-22-30(4)49(60)52-41(36)45(39)58/h20-23,26-29,31-33,38,42-43,46,55-58H,12-19,24-25H2,1-11H3,(H,52,60)/b21-20+,26-23+,30-22-,51-28+. The SMILES string of the molecule is CCCCCCN(CCCCCC)/N=C/c1cc2c3c4c(C)c(O)c2c(O)c1NC(=O)/C(C)=C\C=C\C(C)C(O)C(C)C(O)C(C)C(OC(C)=O)C(C)C(OC)/C=C/OC(C)(O4)C3=O. The van der Waals surface area contributed by atoms with E-state index in [9.17, 15) is 34.8 Å². The van der Waals surface area contributed by atoms with Crippen molar-refractivity contribution in [2.75, 3.05) is 25.5 Å². The van der Waals surface area contributed by atoms with E-state index >= 15 is 0 Å². The number of aromatic hydroxyl groups is 2. The molecule has 14 nitrogen and oxygen atoms in total. The Bertz CT molecular complexity index is 2070. The van der Waals surface area contributed by atoms with Gasteiger partial charge in [-0.2, -0.15) is 5.10 Å². The highest BCUT2D eigenvalue weighted by molar-refractivity contribution is 6.21. The summed E-state index contributed by atoms with van der Waals surface area (Å²) in [6.45, 7) is 18.7. The number of phenolic OH excluding ortho intramolecular Hbond substituents is 2. The van der Waals surface area contributed by atoms with E-state index in [1.165, 1.54) is 27.2 Å². The van der Waals surface area contributed by atoms with Crippen LogP contribution in [0, 0.1) is 30.6 Å². The highest BCUT2D eigenvalue weighted by atomic mass is 16.7. The summed E-state index contributed by atoms with van der Waals surface area (Å²) < 4.78 is 23.9. The third-order valence-electron chi connectivity index (χ3n) is 12.8. The van der Waals surface area contributed by atoms with Gasteiger partial charge in [-0.1, -0.05) is 98.3 Å². The van der Waals surface area contributed by atoms with Crippen LogP contribution >= 0.6 is 0 Å². The molecular formula is C50H73N3O11. The molecule has 14 heteroatoms. The number of hydrogen-bond donors (Lipinski definition) is 5. The van der Waals surface area contributed by atoms with Crippen molar-refractivity contribution < 1.29 is 53.8 Å². The molecular weight excluding hydrogens is 819 g/mol. The summed E-state index contributed by atoms with van der Waals surface area (Å²) in [7, 11) is 1.47. The number of aliphatic hydroxyl groups excluding tert-OH is 2. The fourth-order valence-corrected chi connectivity index (χ4v) is 8.59. The van der Waals surface area contributed by atoms with Gasteiger partial charge >= 0.3 is 11.8 Å². The van der Waals surface area contributed by atoms with Crippen LogP contribution < -0.4 is 10.1 Å². The Morgan fingerprint density at radius 3 is 2.16 bits per heavy atom. The van der Waals surface area contributed by atoms with Crippen molar-refractivity contribution in [3.05, 3.63) is 58.9 Å². The molecule has 1 amide bonds. The largest absolute Gasteiger partial charge is 0.507 e. The number of aliphatic hydroxyl groups is 2. The van der Waals surface area contributed by atoms with Crippen LogP contribution in [0.3, 0.4) is 0 Å². The number of amides is 1. The Balaban J connectivity index is 1.93. The van der Waals surface area contributed by atoms with Gasteiger partial charge in [-0.25, -0.2) is 0 Å². The average Bonchev–Trinajstić information content (AvgIpc) is 3.53. The van der Waals surface area contributed by atoms with Crippen LogP contribution in [-0.2, 0) is 23.8 Å². The van der Waals surface area contributed by atoms with Crippen LogP contribution in [0.4, 0.5) is 5.69 Å². The zero-order valence-corrected chi connectivity index (χ0v) is 39.8. The average molecular weight is 892 g/mol. The molecule has 0 aromatic heterocycles. The Hall–Kier alpha value is -4.92. The van der Waals surface area contributed by atoms with Gasteiger partial charge in [0, 0.05) is 79.8 Å². The van der Waals surface area contributed by atoms with Crippen LogP contribution in [0.25, 0.3) is 10.8 Å². The number of ketones is 1. The zero-order valence-electron chi connectivity index (χ0n) is 39.8. The Morgan fingerprint density at radius 1 is 0.922 bits per heavy atom. The van der Waals surface area contributed by atoms with Crippen molar-refractivity contribution in [1.29, 1.82) is 0 Å².